The van der Waals surface area contributed by atoms with Gasteiger partial charge in [0, 0.05) is 12.2 Å². The summed E-state index contributed by atoms with van der Waals surface area (Å²) >= 11 is 0. The average molecular weight is 280 g/mol. The fourth-order valence-electron chi connectivity index (χ4n) is 1.62. The lowest BCUT2D eigenvalue weighted by Gasteiger charge is -2.40. The van der Waals surface area contributed by atoms with Gasteiger partial charge < -0.3 is 10.2 Å². The molecule has 2 unspecified atom stereocenters. The van der Waals surface area contributed by atoms with Gasteiger partial charge in [-0.3, -0.25) is 4.98 Å². The van der Waals surface area contributed by atoms with E-state index in [-0.39, 0.29) is 17.2 Å². The molecular weight excluding hydrogens is 252 g/mol. The second-order valence-electron chi connectivity index (χ2n) is 6.63. The largest absolute Gasteiger partial charge is 0.407 e. The van der Waals surface area contributed by atoms with E-state index in [2.05, 4.69) is 45.8 Å². The van der Waals surface area contributed by atoms with E-state index in [1.165, 1.54) is 0 Å². The van der Waals surface area contributed by atoms with Crippen LogP contribution in [0.25, 0.3) is 0 Å². The van der Waals surface area contributed by atoms with Crippen molar-refractivity contribution in [3.63, 3.8) is 0 Å². The van der Waals surface area contributed by atoms with Gasteiger partial charge in [0.15, 0.2) is 8.32 Å². The highest BCUT2D eigenvalue weighted by Crippen LogP contribution is 2.40. The number of hydrogen-bond acceptors (Lipinski definition) is 3. The SMILES string of the molecule is CCC(N)C(O[Si](C)(C)C(C)(C)C)c1ccccn1. The van der Waals surface area contributed by atoms with E-state index in [1.807, 2.05) is 18.2 Å². The number of aromatic nitrogens is 1. The maximum atomic E-state index is 6.49. The van der Waals surface area contributed by atoms with Crippen molar-refractivity contribution in [2.75, 3.05) is 0 Å². The van der Waals surface area contributed by atoms with Crippen LogP contribution in [0.5, 0.6) is 0 Å². The zero-order valence-corrected chi connectivity index (χ0v) is 14.1. The Morgan fingerprint density at radius 2 is 1.95 bits per heavy atom. The van der Waals surface area contributed by atoms with Gasteiger partial charge in [-0.1, -0.05) is 33.8 Å². The van der Waals surface area contributed by atoms with Gasteiger partial charge in [0.25, 0.3) is 0 Å². The van der Waals surface area contributed by atoms with Crippen LogP contribution in [0.15, 0.2) is 24.4 Å². The molecular formula is C15H28N2OSi. The van der Waals surface area contributed by atoms with Gasteiger partial charge in [0.2, 0.25) is 0 Å². The minimum absolute atomic E-state index is 0.0102. The zero-order chi connectivity index (χ0) is 14.7. The smallest absolute Gasteiger partial charge is 0.193 e. The van der Waals surface area contributed by atoms with E-state index in [0.717, 1.165) is 12.1 Å². The summed E-state index contributed by atoms with van der Waals surface area (Å²) < 4.78 is 6.49. The van der Waals surface area contributed by atoms with E-state index in [4.69, 9.17) is 10.2 Å². The van der Waals surface area contributed by atoms with Crippen LogP contribution in [0.4, 0.5) is 0 Å². The first-order valence-corrected chi connectivity index (χ1v) is 9.94. The molecule has 2 atom stereocenters. The van der Waals surface area contributed by atoms with Gasteiger partial charge in [-0.25, -0.2) is 0 Å². The van der Waals surface area contributed by atoms with Crippen molar-refractivity contribution in [3.8, 4) is 0 Å². The third-order valence-corrected chi connectivity index (χ3v) is 8.52. The molecule has 19 heavy (non-hydrogen) atoms. The lowest BCUT2D eigenvalue weighted by molar-refractivity contribution is 0.147. The lowest BCUT2D eigenvalue weighted by Crippen LogP contribution is -2.45. The molecule has 0 amide bonds. The van der Waals surface area contributed by atoms with Crippen LogP contribution in [-0.4, -0.2) is 19.3 Å². The Kier molecular flexibility index (Phi) is 5.30. The average Bonchev–Trinajstić information content (AvgIpc) is 2.35. The van der Waals surface area contributed by atoms with Crippen molar-refractivity contribution in [2.45, 2.75) is 64.4 Å². The van der Waals surface area contributed by atoms with Gasteiger partial charge in [-0.2, -0.15) is 0 Å². The first-order valence-electron chi connectivity index (χ1n) is 7.03. The van der Waals surface area contributed by atoms with Crippen LogP contribution < -0.4 is 5.73 Å². The summed E-state index contributed by atoms with van der Waals surface area (Å²) in [6.45, 7) is 13.3. The minimum atomic E-state index is -1.85. The molecule has 0 aliphatic carbocycles. The molecule has 2 N–H and O–H groups in total. The highest BCUT2D eigenvalue weighted by atomic mass is 28.4. The molecule has 4 heteroatoms. The van der Waals surface area contributed by atoms with E-state index in [0.29, 0.717) is 0 Å². The predicted molar refractivity (Wildman–Crippen MR) is 83.5 cm³/mol. The van der Waals surface area contributed by atoms with E-state index in [1.54, 1.807) is 6.20 Å². The Morgan fingerprint density at radius 3 is 2.37 bits per heavy atom. The molecule has 1 aromatic rings. The molecule has 0 bridgehead atoms. The summed E-state index contributed by atoms with van der Waals surface area (Å²) in [5, 5.41) is 0.174. The van der Waals surface area contributed by atoms with Gasteiger partial charge >= 0.3 is 0 Å². The van der Waals surface area contributed by atoms with Crippen molar-refractivity contribution >= 4 is 8.32 Å². The molecule has 0 radical (unpaired) electrons. The molecule has 1 aromatic heterocycles. The van der Waals surface area contributed by atoms with Crippen LogP contribution in [0.2, 0.25) is 18.1 Å². The fraction of sp³-hybridized carbons (Fsp3) is 0.667. The van der Waals surface area contributed by atoms with Crippen LogP contribution in [0, 0.1) is 0 Å². The minimum Gasteiger partial charge on any atom is -0.407 e. The lowest BCUT2D eigenvalue weighted by atomic mass is 10.1. The molecule has 1 heterocycles. The Labute approximate surface area is 118 Å². The molecule has 0 aromatic carbocycles. The first-order chi connectivity index (χ1) is 8.69. The quantitative estimate of drug-likeness (QED) is 0.833. The molecule has 1 rings (SSSR count). The summed E-state index contributed by atoms with van der Waals surface area (Å²) in [6, 6.07) is 5.91. The molecule has 0 fully saturated rings. The van der Waals surface area contributed by atoms with E-state index < -0.39 is 8.32 Å². The third kappa shape index (κ3) is 4.13. The van der Waals surface area contributed by atoms with Gasteiger partial charge in [0.1, 0.15) is 6.10 Å². The van der Waals surface area contributed by atoms with E-state index in [9.17, 15) is 0 Å². The summed E-state index contributed by atoms with van der Waals surface area (Å²) in [6.07, 6.45) is 2.59. The number of nitrogens with two attached hydrogens (primary N) is 1. The number of pyridine rings is 1. The van der Waals surface area contributed by atoms with Crippen LogP contribution in [0.3, 0.4) is 0 Å². The topological polar surface area (TPSA) is 48.1 Å². The summed E-state index contributed by atoms with van der Waals surface area (Å²) in [5.74, 6) is 0. The monoisotopic (exact) mass is 280 g/mol. The van der Waals surface area contributed by atoms with E-state index >= 15 is 0 Å². The highest BCUT2D eigenvalue weighted by Gasteiger charge is 2.40. The normalized spacial score (nSPS) is 16.2. The molecule has 0 aliphatic rings. The predicted octanol–water partition coefficient (Wildman–Crippen LogP) is 3.88. The van der Waals surface area contributed by atoms with Crippen molar-refractivity contribution in [1.82, 2.24) is 4.98 Å². The summed E-state index contributed by atoms with van der Waals surface area (Å²) in [4.78, 5) is 4.43. The Hall–Kier alpha value is -0.713. The van der Waals surface area contributed by atoms with Crippen molar-refractivity contribution in [3.05, 3.63) is 30.1 Å². The maximum Gasteiger partial charge on any atom is 0.193 e. The third-order valence-electron chi connectivity index (χ3n) is 4.07. The van der Waals surface area contributed by atoms with Crippen LogP contribution in [0.1, 0.15) is 45.9 Å². The molecule has 0 saturated carbocycles. The highest BCUT2D eigenvalue weighted by molar-refractivity contribution is 6.74. The fourth-order valence-corrected chi connectivity index (χ4v) is 2.90. The maximum absolute atomic E-state index is 6.49. The van der Waals surface area contributed by atoms with Crippen molar-refractivity contribution in [2.24, 2.45) is 5.73 Å². The molecule has 3 nitrogen and oxygen atoms in total. The van der Waals surface area contributed by atoms with Gasteiger partial charge in [-0.15, -0.1) is 0 Å². The summed E-state index contributed by atoms with van der Waals surface area (Å²) in [7, 11) is -1.85. The Bertz CT molecular complexity index is 387. The second kappa shape index (κ2) is 6.16. The van der Waals surface area contributed by atoms with Crippen molar-refractivity contribution < 1.29 is 4.43 Å². The van der Waals surface area contributed by atoms with Crippen molar-refractivity contribution in [1.29, 1.82) is 0 Å². The zero-order valence-electron chi connectivity index (χ0n) is 13.1. The number of nitrogens with zero attached hydrogens (tertiary/aromatic N) is 1. The van der Waals surface area contributed by atoms with Crippen LogP contribution in [-0.2, 0) is 4.43 Å². The van der Waals surface area contributed by atoms with Gasteiger partial charge in [0.05, 0.1) is 5.69 Å². The standard InChI is InChI=1S/C15H28N2OSi/c1-7-12(16)14(13-10-8-9-11-17-13)18-19(5,6)15(2,3)4/h8-12,14H,7,16H2,1-6H3. The molecule has 0 saturated heterocycles. The number of hydrogen-bond donors (Lipinski definition) is 1. The first kappa shape index (κ1) is 16.3. The molecule has 108 valence electrons. The molecule has 0 spiro atoms. The van der Waals surface area contributed by atoms with Gasteiger partial charge in [-0.05, 0) is 36.7 Å². The Morgan fingerprint density at radius 1 is 1.32 bits per heavy atom. The number of rotatable bonds is 5. The van der Waals surface area contributed by atoms with Crippen LogP contribution >= 0.6 is 0 Å². The Balaban J connectivity index is 3.01. The molecule has 0 aliphatic heterocycles. The second-order valence-corrected chi connectivity index (χ2v) is 11.4. The summed E-state index contributed by atoms with van der Waals surface area (Å²) in [5.41, 5.74) is 7.20.